The average molecular weight is 186 g/mol. The number of nitrogens with zero attached hydrogens (tertiary/aromatic N) is 1. The Labute approximate surface area is 79.3 Å². The molecule has 4 heteroatoms. The quantitative estimate of drug-likeness (QED) is 0.503. The molecule has 0 unspecified atom stereocenters. The molecule has 0 aromatic carbocycles. The Balaban J connectivity index is 3.70. The second-order valence-electron chi connectivity index (χ2n) is 2.88. The summed E-state index contributed by atoms with van der Waals surface area (Å²) in [6.07, 6.45) is 3.35. The highest BCUT2D eigenvalue weighted by Crippen LogP contribution is 1.89. The summed E-state index contributed by atoms with van der Waals surface area (Å²) in [6.45, 7) is 5.11. The number of carbonyl (C=O) groups is 2. The van der Waals surface area contributed by atoms with E-state index in [0.717, 1.165) is 24.2 Å². The fourth-order valence-electron chi connectivity index (χ4n) is 0.917. The minimum Gasteiger partial charge on any atom is -0.338 e. The molecule has 0 radical (unpaired) electrons. The molecule has 0 rings (SSSR count). The van der Waals surface area contributed by atoms with Gasteiger partial charge in [-0.2, -0.15) is 0 Å². The van der Waals surface area contributed by atoms with Gasteiger partial charge in [0.15, 0.2) is 0 Å². The van der Waals surface area contributed by atoms with Crippen LogP contribution in [0, 0.1) is 0 Å². The van der Waals surface area contributed by atoms with Crippen molar-refractivity contribution < 1.29 is 9.59 Å². The van der Waals surface area contributed by atoms with Crippen LogP contribution in [0.2, 0.25) is 0 Å². The molecule has 13 heavy (non-hydrogen) atoms. The molecular formula is C9H18N2O2. The Morgan fingerprint density at radius 3 is 2.54 bits per heavy atom. The lowest BCUT2D eigenvalue weighted by molar-refractivity contribution is -0.115. The fourth-order valence-corrected chi connectivity index (χ4v) is 0.917. The van der Waals surface area contributed by atoms with E-state index in [0.29, 0.717) is 19.5 Å². The van der Waals surface area contributed by atoms with Crippen molar-refractivity contribution in [2.24, 2.45) is 0 Å². The van der Waals surface area contributed by atoms with Gasteiger partial charge in [-0.1, -0.05) is 20.3 Å². The van der Waals surface area contributed by atoms with Crippen LogP contribution >= 0.6 is 0 Å². The minimum absolute atomic E-state index is 0.287. The number of imide groups is 1. The summed E-state index contributed by atoms with van der Waals surface area (Å²) < 4.78 is 0. The van der Waals surface area contributed by atoms with Gasteiger partial charge < -0.3 is 5.32 Å². The van der Waals surface area contributed by atoms with Gasteiger partial charge >= 0.3 is 6.03 Å². The van der Waals surface area contributed by atoms with E-state index in [1.807, 2.05) is 6.92 Å². The minimum atomic E-state index is -0.287. The van der Waals surface area contributed by atoms with Gasteiger partial charge in [0.1, 0.15) is 0 Å². The number of nitrogens with one attached hydrogen (secondary N) is 1. The third-order valence-corrected chi connectivity index (χ3v) is 1.66. The zero-order valence-electron chi connectivity index (χ0n) is 8.38. The van der Waals surface area contributed by atoms with Gasteiger partial charge in [-0.05, 0) is 12.8 Å². The average Bonchev–Trinajstić information content (AvgIpc) is 2.14. The predicted octanol–water partition coefficient (Wildman–Crippen LogP) is 1.36. The van der Waals surface area contributed by atoms with E-state index in [1.165, 1.54) is 0 Å². The molecule has 0 aliphatic carbocycles. The van der Waals surface area contributed by atoms with Crippen LogP contribution in [-0.4, -0.2) is 30.4 Å². The van der Waals surface area contributed by atoms with Gasteiger partial charge in [-0.25, -0.2) is 4.79 Å². The summed E-state index contributed by atoms with van der Waals surface area (Å²) >= 11 is 0. The zero-order chi connectivity index (χ0) is 10.1. The van der Waals surface area contributed by atoms with Crippen LogP contribution < -0.4 is 5.32 Å². The van der Waals surface area contributed by atoms with Crippen molar-refractivity contribution in [3.63, 3.8) is 0 Å². The lowest BCUT2D eigenvalue weighted by Gasteiger charge is -2.14. The Morgan fingerprint density at radius 2 is 2.08 bits per heavy atom. The monoisotopic (exact) mass is 186 g/mol. The molecule has 1 N–H and O–H groups in total. The maximum absolute atomic E-state index is 11.2. The molecule has 0 heterocycles. The summed E-state index contributed by atoms with van der Waals surface area (Å²) in [4.78, 5) is 22.8. The number of carbonyl (C=O) groups excluding carboxylic acids is 2. The number of amides is 3. The van der Waals surface area contributed by atoms with E-state index in [-0.39, 0.29) is 6.03 Å². The van der Waals surface area contributed by atoms with Crippen LogP contribution in [-0.2, 0) is 4.79 Å². The molecule has 0 aliphatic rings. The summed E-state index contributed by atoms with van der Waals surface area (Å²) in [6, 6.07) is -0.287. The summed E-state index contributed by atoms with van der Waals surface area (Å²) in [5.41, 5.74) is 0. The second kappa shape index (κ2) is 7.58. The zero-order valence-corrected chi connectivity index (χ0v) is 8.38. The van der Waals surface area contributed by atoms with Crippen molar-refractivity contribution in [1.29, 1.82) is 0 Å². The predicted molar refractivity (Wildman–Crippen MR) is 51.4 cm³/mol. The number of unbranched alkanes of at least 4 members (excludes halogenated alkanes) is 1. The molecule has 0 aromatic rings. The summed E-state index contributed by atoms with van der Waals surface area (Å²) in [5.74, 6) is 0. The van der Waals surface area contributed by atoms with Crippen LogP contribution in [0.15, 0.2) is 0 Å². The maximum atomic E-state index is 11.2. The van der Waals surface area contributed by atoms with E-state index in [9.17, 15) is 9.59 Å². The third kappa shape index (κ3) is 5.22. The van der Waals surface area contributed by atoms with Crippen LogP contribution in [0.4, 0.5) is 4.79 Å². The van der Waals surface area contributed by atoms with E-state index < -0.39 is 0 Å². The highest BCUT2D eigenvalue weighted by molar-refractivity contribution is 5.84. The molecule has 0 aliphatic heterocycles. The Hall–Kier alpha value is -1.06. The lowest BCUT2D eigenvalue weighted by Crippen LogP contribution is -2.39. The molecule has 0 aromatic heterocycles. The number of hydrogen-bond acceptors (Lipinski definition) is 2. The van der Waals surface area contributed by atoms with Gasteiger partial charge in [-0.3, -0.25) is 9.69 Å². The van der Waals surface area contributed by atoms with Gasteiger partial charge in [0.25, 0.3) is 0 Å². The highest BCUT2D eigenvalue weighted by atomic mass is 16.2. The summed E-state index contributed by atoms with van der Waals surface area (Å²) in [7, 11) is 0. The lowest BCUT2D eigenvalue weighted by atomic mass is 10.3. The standard InChI is InChI=1S/C9H18N2O2/c1-3-5-6-10-9(13)11(8-12)7-4-2/h8H,3-7H2,1-2H3,(H,10,13). The second-order valence-corrected chi connectivity index (χ2v) is 2.88. The van der Waals surface area contributed by atoms with Crippen LogP contribution in [0.25, 0.3) is 0 Å². The molecule has 4 nitrogen and oxygen atoms in total. The largest absolute Gasteiger partial charge is 0.338 e. The maximum Gasteiger partial charge on any atom is 0.323 e. The fraction of sp³-hybridized carbons (Fsp3) is 0.778. The van der Waals surface area contributed by atoms with Crippen molar-refractivity contribution in [2.75, 3.05) is 13.1 Å². The third-order valence-electron chi connectivity index (χ3n) is 1.66. The topological polar surface area (TPSA) is 49.4 Å². The van der Waals surface area contributed by atoms with Gasteiger partial charge in [0.2, 0.25) is 6.41 Å². The normalized spacial score (nSPS) is 9.38. The first-order valence-electron chi connectivity index (χ1n) is 4.76. The first kappa shape index (κ1) is 11.9. The molecule has 0 saturated heterocycles. The number of hydrogen-bond donors (Lipinski definition) is 1. The van der Waals surface area contributed by atoms with E-state index in [1.54, 1.807) is 0 Å². The summed E-state index contributed by atoms with van der Waals surface area (Å²) in [5, 5.41) is 2.68. The van der Waals surface area contributed by atoms with Gasteiger partial charge in [0.05, 0.1) is 0 Å². The molecule has 0 bridgehead atoms. The molecule has 76 valence electrons. The van der Waals surface area contributed by atoms with Crippen molar-refractivity contribution in [2.45, 2.75) is 33.1 Å². The van der Waals surface area contributed by atoms with E-state index >= 15 is 0 Å². The van der Waals surface area contributed by atoms with Gasteiger partial charge in [-0.15, -0.1) is 0 Å². The van der Waals surface area contributed by atoms with Gasteiger partial charge in [0, 0.05) is 13.1 Å². The van der Waals surface area contributed by atoms with Crippen LogP contribution in [0.3, 0.4) is 0 Å². The SMILES string of the molecule is CCCCNC(=O)N(C=O)CCC. The van der Waals surface area contributed by atoms with Crippen molar-refractivity contribution >= 4 is 12.4 Å². The Bertz CT molecular complexity index is 160. The van der Waals surface area contributed by atoms with Crippen molar-refractivity contribution in [3.8, 4) is 0 Å². The molecule has 0 fully saturated rings. The van der Waals surface area contributed by atoms with Crippen molar-refractivity contribution in [1.82, 2.24) is 10.2 Å². The van der Waals surface area contributed by atoms with E-state index in [4.69, 9.17) is 0 Å². The Morgan fingerprint density at radius 1 is 1.38 bits per heavy atom. The highest BCUT2D eigenvalue weighted by Gasteiger charge is 2.09. The van der Waals surface area contributed by atoms with Crippen molar-refractivity contribution in [3.05, 3.63) is 0 Å². The van der Waals surface area contributed by atoms with Crippen LogP contribution in [0.5, 0.6) is 0 Å². The molecule has 0 spiro atoms. The molecule has 0 atom stereocenters. The van der Waals surface area contributed by atoms with E-state index in [2.05, 4.69) is 12.2 Å². The molecular weight excluding hydrogens is 168 g/mol. The van der Waals surface area contributed by atoms with Crippen LogP contribution in [0.1, 0.15) is 33.1 Å². The number of urea groups is 1. The smallest absolute Gasteiger partial charge is 0.323 e. The number of rotatable bonds is 6. The first-order chi connectivity index (χ1) is 6.26. The molecule has 3 amide bonds. The first-order valence-corrected chi connectivity index (χ1v) is 4.76. The Kier molecular flexibility index (Phi) is 6.96. The molecule has 0 saturated carbocycles.